The zero-order valence-electron chi connectivity index (χ0n) is 13.3. The Hall–Kier alpha value is -2.27. The molecule has 0 spiro atoms. The van der Waals surface area contributed by atoms with Crippen molar-refractivity contribution in [1.82, 2.24) is 10.3 Å². The highest BCUT2D eigenvalue weighted by Crippen LogP contribution is 2.15. The van der Waals surface area contributed by atoms with Crippen molar-refractivity contribution in [1.29, 1.82) is 0 Å². The van der Waals surface area contributed by atoms with Gasteiger partial charge in [-0.05, 0) is 31.0 Å². The highest BCUT2D eigenvalue weighted by molar-refractivity contribution is 5.73. The SMILES string of the molecule is COC(=O)C(Cc1ccccc1)C(C)NCc1ccc(F)cn1. The fourth-order valence-electron chi connectivity index (χ4n) is 2.40. The summed E-state index contributed by atoms with van der Waals surface area (Å²) in [6, 6.07) is 12.7. The molecule has 5 heteroatoms. The van der Waals surface area contributed by atoms with Gasteiger partial charge in [0, 0.05) is 12.6 Å². The van der Waals surface area contributed by atoms with Crippen molar-refractivity contribution in [3.63, 3.8) is 0 Å². The highest BCUT2D eigenvalue weighted by Gasteiger charge is 2.26. The quantitative estimate of drug-likeness (QED) is 0.798. The van der Waals surface area contributed by atoms with Gasteiger partial charge in [0.2, 0.25) is 0 Å². The van der Waals surface area contributed by atoms with Crippen LogP contribution in [0.25, 0.3) is 0 Å². The van der Waals surface area contributed by atoms with Gasteiger partial charge < -0.3 is 10.1 Å². The minimum Gasteiger partial charge on any atom is -0.469 e. The number of nitrogens with one attached hydrogen (secondary N) is 1. The third-order valence-electron chi connectivity index (χ3n) is 3.80. The standard InChI is InChI=1S/C18H21FN2O2/c1-13(20-12-16-9-8-15(19)11-21-16)17(18(22)23-2)10-14-6-4-3-5-7-14/h3-9,11,13,17,20H,10,12H2,1-2H3. The predicted molar refractivity (Wildman–Crippen MR) is 86.1 cm³/mol. The second-order valence-electron chi connectivity index (χ2n) is 5.46. The van der Waals surface area contributed by atoms with Crippen LogP contribution in [0.3, 0.4) is 0 Å². The summed E-state index contributed by atoms with van der Waals surface area (Å²) in [5, 5.41) is 3.27. The van der Waals surface area contributed by atoms with E-state index in [0.29, 0.717) is 13.0 Å². The minimum atomic E-state index is -0.363. The number of hydrogen-bond acceptors (Lipinski definition) is 4. The van der Waals surface area contributed by atoms with Gasteiger partial charge in [0.05, 0.1) is 24.9 Å². The second-order valence-corrected chi connectivity index (χ2v) is 5.46. The largest absolute Gasteiger partial charge is 0.469 e. The molecule has 0 aliphatic rings. The molecule has 1 heterocycles. The van der Waals surface area contributed by atoms with Gasteiger partial charge in [-0.3, -0.25) is 9.78 Å². The van der Waals surface area contributed by atoms with Gasteiger partial charge in [0.25, 0.3) is 0 Å². The van der Waals surface area contributed by atoms with Crippen molar-refractivity contribution in [2.75, 3.05) is 7.11 Å². The summed E-state index contributed by atoms with van der Waals surface area (Å²) < 4.78 is 17.8. The molecular formula is C18H21FN2O2. The Labute approximate surface area is 135 Å². The van der Waals surface area contributed by atoms with Crippen LogP contribution in [0.5, 0.6) is 0 Å². The first kappa shape index (κ1) is 17.1. The summed E-state index contributed by atoms with van der Waals surface area (Å²) in [5.41, 5.74) is 1.80. The minimum absolute atomic E-state index is 0.102. The molecule has 2 rings (SSSR count). The second kappa shape index (κ2) is 8.39. The van der Waals surface area contributed by atoms with Crippen LogP contribution >= 0.6 is 0 Å². The molecule has 0 fully saturated rings. The number of hydrogen-bond donors (Lipinski definition) is 1. The lowest BCUT2D eigenvalue weighted by atomic mass is 9.93. The van der Waals surface area contributed by atoms with Crippen LogP contribution in [0.15, 0.2) is 48.7 Å². The molecule has 1 N–H and O–H groups in total. The van der Waals surface area contributed by atoms with E-state index < -0.39 is 0 Å². The van der Waals surface area contributed by atoms with Gasteiger partial charge in [-0.1, -0.05) is 30.3 Å². The lowest BCUT2D eigenvalue weighted by Gasteiger charge is -2.23. The molecule has 0 bridgehead atoms. The van der Waals surface area contributed by atoms with E-state index in [1.165, 1.54) is 19.4 Å². The number of ether oxygens (including phenoxy) is 1. The van der Waals surface area contributed by atoms with E-state index in [2.05, 4.69) is 10.3 Å². The number of carbonyl (C=O) groups excluding carboxylic acids is 1. The Morgan fingerprint density at radius 2 is 2.00 bits per heavy atom. The lowest BCUT2D eigenvalue weighted by molar-refractivity contribution is -0.146. The summed E-state index contributed by atoms with van der Waals surface area (Å²) in [4.78, 5) is 16.1. The molecule has 1 aromatic carbocycles. The topological polar surface area (TPSA) is 51.2 Å². The molecule has 122 valence electrons. The van der Waals surface area contributed by atoms with Crippen molar-refractivity contribution >= 4 is 5.97 Å². The number of nitrogens with zero attached hydrogens (tertiary/aromatic N) is 1. The third-order valence-corrected chi connectivity index (χ3v) is 3.80. The van der Waals surface area contributed by atoms with Crippen LogP contribution in [0.2, 0.25) is 0 Å². The van der Waals surface area contributed by atoms with Crippen LogP contribution in [0.1, 0.15) is 18.2 Å². The highest BCUT2D eigenvalue weighted by atomic mass is 19.1. The van der Waals surface area contributed by atoms with Gasteiger partial charge in [-0.15, -0.1) is 0 Å². The van der Waals surface area contributed by atoms with Crippen molar-refractivity contribution in [2.24, 2.45) is 5.92 Å². The molecule has 2 atom stereocenters. The van der Waals surface area contributed by atoms with Crippen molar-refractivity contribution in [3.8, 4) is 0 Å². The van der Waals surface area contributed by atoms with E-state index in [0.717, 1.165) is 11.3 Å². The van der Waals surface area contributed by atoms with Gasteiger partial charge in [0.15, 0.2) is 0 Å². The number of pyridine rings is 1. The number of methoxy groups -OCH3 is 1. The van der Waals surface area contributed by atoms with Crippen LogP contribution in [0, 0.1) is 11.7 Å². The molecule has 0 amide bonds. The van der Waals surface area contributed by atoms with E-state index in [-0.39, 0.29) is 23.7 Å². The number of rotatable bonds is 7. The molecular weight excluding hydrogens is 295 g/mol. The fourth-order valence-corrected chi connectivity index (χ4v) is 2.40. The Morgan fingerprint density at radius 3 is 2.61 bits per heavy atom. The zero-order chi connectivity index (χ0) is 16.7. The molecule has 0 aliphatic carbocycles. The summed E-state index contributed by atoms with van der Waals surface area (Å²) >= 11 is 0. The average Bonchev–Trinajstić information content (AvgIpc) is 2.59. The number of aromatic nitrogens is 1. The van der Waals surface area contributed by atoms with Gasteiger partial charge in [-0.2, -0.15) is 0 Å². The number of esters is 1. The molecule has 0 saturated carbocycles. The molecule has 0 radical (unpaired) electrons. The van der Waals surface area contributed by atoms with E-state index >= 15 is 0 Å². The molecule has 4 nitrogen and oxygen atoms in total. The van der Waals surface area contributed by atoms with Crippen LogP contribution in [0.4, 0.5) is 4.39 Å². The number of carbonyl (C=O) groups is 1. The third kappa shape index (κ3) is 5.14. The predicted octanol–water partition coefficient (Wildman–Crippen LogP) is 2.73. The summed E-state index contributed by atoms with van der Waals surface area (Å²) in [7, 11) is 1.40. The number of halogens is 1. The Balaban J connectivity index is 2.00. The molecule has 2 unspecified atom stereocenters. The first-order chi connectivity index (χ1) is 11.1. The maximum Gasteiger partial charge on any atom is 0.310 e. The number of benzene rings is 1. The molecule has 2 aromatic rings. The molecule has 1 aromatic heterocycles. The van der Waals surface area contributed by atoms with Crippen molar-refractivity contribution < 1.29 is 13.9 Å². The average molecular weight is 316 g/mol. The smallest absolute Gasteiger partial charge is 0.310 e. The first-order valence-electron chi connectivity index (χ1n) is 7.55. The van der Waals surface area contributed by atoms with Crippen LogP contribution < -0.4 is 5.32 Å². The molecule has 0 aliphatic heterocycles. The zero-order valence-corrected chi connectivity index (χ0v) is 13.3. The van der Waals surface area contributed by atoms with Crippen molar-refractivity contribution in [3.05, 3.63) is 65.7 Å². The maximum absolute atomic E-state index is 12.9. The first-order valence-corrected chi connectivity index (χ1v) is 7.55. The van der Waals surface area contributed by atoms with E-state index in [4.69, 9.17) is 4.74 Å². The van der Waals surface area contributed by atoms with Gasteiger partial charge in [-0.25, -0.2) is 4.39 Å². The normalized spacial score (nSPS) is 13.3. The van der Waals surface area contributed by atoms with Gasteiger partial charge in [0.1, 0.15) is 5.82 Å². The van der Waals surface area contributed by atoms with E-state index in [9.17, 15) is 9.18 Å². The van der Waals surface area contributed by atoms with E-state index in [1.807, 2.05) is 37.3 Å². The Kier molecular flexibility index (Phi) is 6.23. The summed E-state index contributed by atoms with van der Waals surface area (Å²) in [5.74, 6) is -0.915. The van der Waals surface area contributed by atoms with Crippen molar-refractivity contribution in [2.45, 2.75) is 25.9 Å². The summed E-state index contributed by atoms with van der Waals surface area (Å²) in [6.07, 6.45) is 1.78. The summed E-state index contributed by atoms with van der Waals surface area (Å²) in [6.45, 7) is 2.40. The Bertz CT molecular complexity index is 617. The Morgan fingerprint density at radius 1 is 1.26 bits per heavy atom. The molecule has 0 saturated heterocycles. The lowest BCUT2D eigenvalue weighted by Crippen LogP contribution is -2.39. The van der Waals surface area contributed by atoms with Crippen LogP contribution in [-0.4, -0.2) is 24.1 Å². The maximum atomic E-state index is 12.9. The monoisotopic (exact) mass is 316 g/mol. The van der Waals surface area contributed by atoms with Gasteiger partial charge >= 0.3 is 5.97 Å². The van der Waals surface area contributed by atoms with E-state index in [1.54, 1.807) is 6.07 Å². The van der Waals surface area contributed by atoms with Crippen LogP contribution in [-0.2, 0) is 22.5 Å². The fraction of sp³-hybridized carbons (Fsp3) is 0.333. The molecule has 23 heavy (non-hydrogen) atoms.